The fourth-order valence-electron chi connectivity index (χ4n) is 1.10. The minimum atomic E-state index is 0.977. The van der Waals surface area contributed by atoms with Gasteiger partial charge in [0.05, 0.1) is 12.7 Å². The molecule has 0 aliphatic rings. The maximum atomic E-state index is 3.30. The average molecular weight is 151 g/mol. The molecule has 1 aromatic carbocycles. The predicted octanol–water partition coefficient (Wildman–Crippen LogP) is 0.943. The van der Waals surface area contributed by atoms with Crippen molar-refractivity contribution in [1.29, 1.82) is 0 Å². The van der Waals surface area contributed by atoms with Crippen LogP contribution in [0.1, 0.15) is 6.92 Å². The minimum absolute atomic E-state index is 0.977. The van der Waals surface area contributed by atoms with Crippen LogP contribution in [0.25, 0.3) is 0 Å². The smallest absolute Gasteiger partial charge is 0.152 e. The van der Waals surface area contributed by atoms with Crippen LogP contribution in [-0.2, 0) is 0 Å². The molecule has 0 atom stereocenters. The summed E-state index contributed by atoms with van der Waals surface area (Å²) in [6.45, 7) is 3.08. The van der Waals surface area contributed by atoms with E-state index in [1.165, 1.54) is 11.4 Å². The molecule has 0 saturated heterocycles. The summed E-state index contributed by atoms with van der Waals surface area (Å²) in [5.74, 6) is 0. The lowest BCUT2D eigenvalue weighted by Crippen LogP contribution is -2.72. The van der Waals surface area contributed by atoms with Crippen molar-refractivity contribution in [3.8, 4) is 0 Å². The zero-order valence-corrected chi connectivity index (χ0v) is 7.09. The highest BCUT2D eigenvalue weighted by molar-refractivity contribution is 5.60. The van der Waals surface area contributed by atoms with Crippen LogP contribution >= 0.6 is 0 Å². The van der Waals surface area contributed by atoms with E-state index in [2.05, 4.69) is 42.8 Å². The lowest BCUT2D eigenvalue weighted by molar-refractivity contribution is -0.538. The van der Waals surface area contributed by atoms with Gasteiger partial charge in [0, 0.05) is 12.6 Å². The van der Waals surface area contributed by atoms with Gasteiger partial charge in [0.2, 0.25) is 0 Å². The first-order valence-corrected chi connectivity index (χ1v) is 4.00. The van der Waals surface area contributed by atoms with Gasteiger partial charge >= 0.3 is 0 Å². The molecule has 1 rings (SSSR count). The van der Waals surface area contributed by atoms with Crippen LogP contribution in [0.3, 0.4) is 0 Å². The quantitative estimate of drug-likeness (QED) is 0.618. The van der Waals surface area contributed by atoms with Crippen LogP contribution in [0.2, 0.25) is 0 Å². The first-order valence-electron chi connectivity index (χ1n) is 4.00. The minimum Gasteiger partial charge on any atom is -0.381 e. The number of benzene rings is 1. The molecule has 0 heterocycles. The first kappa shape index (κ1) is 8.08. The van der Waals surface area contributed by atoms with Crippen LogP contribution in [0.5, 0.6) is 0 Å². The molecule has 0 spiro atoms. The Balaban J connectivity index is 2.83. The van der Waals surface area contributed by atoms with Crippen LogP contribution in [0, 0.1) is 0 Å². The third-order valence-corrected chi connectivity index (χ3v) is 1.64. The molecule has 3 N–H and O–H groups in total. The second-order valence-corrected chi connectivity index (χ2v) is 2.41. The Hall–Kier alpha value is -1.02. The largest absolute Gasteiger partial charge is 0.381 e. The van der Waals surface area contributed by atoms with E-state index in [0.29, 0.717) is 0 Å². The van der Waals surface area contributed by atoms with Gasteiger partial charge in [-0.05, 0) is 13.0 Å². The number of quaternary nitrogens is 1. The number of rotatable bonds is 3. The van der Waals surface area contributed by atoms with E-state index < -0.39 is 0 Å². The Morgan fingerprint density at radius 2 is 2.09 bits per heavy atom. The van der Waals surface area contributed by atoms with Gasteiger partial charge in [0.1, 0.15) is 0 Å². The average Bonchev–Trinajstić information content (AvgIpc) is 2.06. The van der Waals surface area contributed by atoms with E-state index in [4.69, 9.17) is 0 Å². The molecule has 0 saturated carbocycles. The van der Waals surface area contributed by atoms with E-state index in [1.54, 1.807) is 0 Å². The summed E-state index contributed by atoms with van der Waals surface area (Å²) in [6.07, 6.45) is 0. The summed E-state index contributed by atoms with van der Waals surface area (Å²) < 4.78 is 0. The number of hydrogen-bond donors (Lipinski definition) is 2. The van der Waals surface area contributed by atoms with E-state index in [-0.39, 0.29) is 0 Å². The Morgan fingerprint density at radius 3 is 2.73 bits per heavy atom. The third-order valence-electron chi connectivity index (χ3n) is 1.64. The molecule has 2 nitrogen and oxygen atoms in total. The van der Waals surface area contributed by atoms with Crippen molar-refractivity contribution in [3.63, 3.8) is 0 Å². The van der Waals surface area contributed by atoms with E-state index in [0.717, 1.165) is 6.54 Å². The topological polar surface area (TPSA) is 28.6 Å². The molecule has 0 radical (unpaired) electrons. The highest BCUT2D eigenvalue weighted by Crippen LogP contribution is 2.14. The van der Waals surface area contributed by atoms with Crippen molar-refractivity contribution in [2.75, 3.05) is 18.9 Å². The molecule has 11 heavy (non-hydrogen) atoms. The molecule has 0 aliphatic carbocycles. The molecular weight excluding hydrogens is 136 g/mol. The van der Waals surface area contributed by atoms with E-state index in [1.807, 2.05) is 6.07 Å². The highest BCUT2D eigenvalue weighted by Gasteiger charge is 1.99. The van der Waals surface area contributed by atoms with Crippen molar-refractivity contribution < 1.29 is 5.32 Å². The third kappa shape index (κ3) is 1.95. The molecule has 0 aliphatic heterocycles. The van der Waals surface area contributed by atoms with Gasteiger partial charge < -0.3 is 10.6 Å². The van der Waals surface area contributed by atoms with Crippen molar-refractivity contribution in [2.24, 2.45) is 0 Å². The molecule has 60 valence electrons. The molecule has 0 bridgehead atoms. The van der Waals surface area contributed by atoms with Crippen molar-refractivity contribution in [3.05, 3.63) is 24.3 Å². The second-order valence-electron chi connectivity index (χ2n) is 2.41. The molecule has 0 aromatic heterocycles. The van der Waals surface area contributed by atoms with Crippen LogP contribution in [0.15, 0.2) is 24.3 Å². The van der Waals surface area contributed by atoms with Gasteiger partial charge in [-0.3, -0.25) is 0 Å². The highest BCUT2D eigenvalue weighted by atomic mass is 14.9. The maximum absolute atomic E-state index is 3.30. The van der Waals surface area contributed by atoms with E-state index >= 15 is 0 Å². The fourth-order valence-corrected chi connectivity index (χ4v) is 1.10. The summed E-state index contributed by atoms with van der Waals surface area (Å²) in [4.78, 5) is 0. The normalized spacial score (nSPS) is 9.64. The van der Waals surface area contributed by atoms with Gasteiger partial charge in [0.15, 0.2) is 5.69 Å². The Morgan fingerprint density at radius 1 is 1.36 bits per heavy atom. The second kappa shape index (κ2) is 3.98. The lowest BCUT2D eigenvalue weighted by atomic mass is 10.2. The number of nitrogens with one attached hydrogen (secondary N) is 1. The summed E-state index contributed by atoms with van der Waals surface area (Å²) in [5, 5.41) is 5.40. The summed E-state index contributed by atoms with van der Waals surface area (Å²) in [5.41, 5.74) is 2.49. The van der Waals surface area contributed by atoms with Crippen molar-refractivity contribution in [1.82, 2.24) is 0 Å². The molecular formula is C9H15N2+. The maximum Gasteiger partial charge on any atom is 0.152 e. The summed E-state index contributed by atoms with van der Waals surface area (Å²) >= 11 is 0. The Kier molecular flexibility index (Phi) is 2.93. The number of para-hydroxylation sites is 2. The zero-order valence-electron chi connectivity index (χ0n) is 7.09. The molecule has 2 heteroatoms. The summed E-state index contributed by atoms with van der Waals surface area (Å²) in [6, 6.07) is 8.30. The van der Waals surface area contributed by atoms with Crippen molar-refractivity contribution in [2.45, 2.75) is 6.92 Å². The molecule has 0 unspecified atom stereocenters. The zero-order chi connectivity index (χ0) is 8.10. The lowest BCUT2D eigenvalue weighted by Gasteiger charge is -2.04. The van der Waals surface area contributed by atoms with Gasteiger partial charge in [-0.2, -0.15) is 0 Å². The van der Waals surface area contributed by atoms with E-state index in [9.17, 15) is 0 Å². The first-order chi connectivity index (χ1) is 5.38. The molecule has 1 aromatic rings. The Bertz CT molecular complexity index is 221. The standard InChI is InChI=1S/C9H14N2/c1-3-11-9-7-5-4-6-8(9)10-2/h4-7,10-11H,3H2,1-2H3/p+1. The van der Waals surface area contributed by atoms with Crippen LogP contribution < -0.4 is 10.6 Å². The molecule has 0 amide bonds. The summed E-state index contributed by atoms with van der Waals surface area (Å²) in [7, 11) is 2.05. The van der Waals surface area contributed by atoms with Gasteiger partial charge in [-0.1, -0.05) is 12.1 Å². The number of hydrogen-bond acceptors (Lipinski definition) is 1. The van der Waals surface area contributed by atoms with Crippen molar-refractivity contribution >= 4 is 11.4 Å². The van der Waals surface area contributed by atoms with Gasteiger partial charge in [-0.25, -0.2) is 0 Å². The monoisotopic (exact) mass is 151 g/mol. The number of anilines is 1. The van der Waals surface area contributed by atoms with Gasteiger partial charge in [-0.15, -0.1) is 0 Å². The van der Waals surface area contributed by atoms with Crippen LogP contribution in [-0.4, -0.2) is 13.6 Å². The fraction of sp³-hybridized carbons (Fsp3) is 0.333. The number of nitrogens with two attached hydrogens (primary N) is 1. The van der Waals surface area contributed by atoms with Gasteiger partial charge in [0.25, 0.3) is 0 Å². The SMILES string of the molecule is CCNc1ccccc1[NH2+]C. The predicted molar refractivity (Wildman–Crippen MR) is 48.1 cm³/mol. The molecule has 0 fully saturated rings. The Labute approximate surface area is 67.6 Å². The van der Waals surface area contributed by atoms with Crippen LogP contribution in [0.4, 0.5) is 11.4 Å².